The largest absolute Gasteiger partial charge is 0.229 e. The van der Waals surface area contributed by atoms with Gasteiger partial charge in [0.05, 0.1) is 0 Å². The van der Waals surface area contributed by atoms with Gasteiger partial charge in [0, 0.05) is 12.0 Å². The Morgan fingerprint density at radius 3 is 2.71 bits per heavy atom. The molecule has 0 fully saturated rings. The Labute approximate surface area is 49.4 Å². The lowest BCUT2D eigenvalue weighted by molar-refractivity contribution is 1.33. The molecule has 0 saturated heterocycles. The Hall–Kier alpha value is 0.0200. The molecule has 42 valence electrons. The smallest absolute Gasteiger partial charge is 0.0124 e. The highest BCUT2D eigenvalue weighted by molar-refractivity contribution is 7.98. The van der Waals surface area contributed by atoms with Crippen LogP contribution in [-0.4, -0.2) is 12.0 Å². The molecule has 0 aliphatic rings. The summed E-state index contributed by atoms with van der Waals surface area (Å²) in [5.74, 6) is 1.08. The first-order valence-corrected chi connectivity index (χ1v) is 3.49. The molecule has 0 atom stereocenters. The molecule has 0 saturated carbocycles. The molecule has 0 aromatic rings. The Morgan fingerprint density at radius 2 is 2.29 bits per heavy atom. The van der Waals surface area contributed by atoms with Crippen molar-refractivity contribution >= 4 is 18.2 Å². The van der Waals surface area contributed by atoms with Crippen molar-refractivity contribution in [2.75, 3.05) is 5.75 Å². The molecule has 0 spiro atoms. The summed E-state index contributed by atoms with van der Waals surface area (Å²) in [7, 11) is 0. The fourth-order valence-electron chi connectivity index (χ4n) is 0.202. The molecule has 0 aromatic heterocycles. The first-order valence-electron chi connectivity index (χ1n) is 2.55. The average Bonchev–Trinajstić information content (AvgIpc) is 1.69. The van der Waals surface area contributed by atoms with Crippen molar-refractivity contribution in [1.29, 1.82) is 0 Å². The fraction of sp³-hybridized carbons (Fsp3) is 0.800. The van der Waals surface area contributed by atoms with Crippen LogP contribution in [0.2, 0.25) is 0 Å². The van der Waals surface area contributed by atoms with E-state index in [0.29, 0.717) is 0 Å². The van der Waals surface area contributed by atoms with Crippen LogP contribution in [0.1, 0.15) is 20.3 Å². The van der Waals surface area contributed by atoms with E-state index in [-0.39, 0.29) is 0 Å². The maximum absolute atomic E-state index is 4.00. The minimum atomic E-state index is 1.05. The van der Waals surface area contributed by atoms with Crippen LogP contribution in [0, 0.1) is 0 Å². The second-order valence-electron chi connectivity index (χ2n) is 1.11. The van der Waals surface area contributed by atoms with Gasteiger partial charge in [0.15, 0.2) is 0 Å². The number of nitrogens with zero attached hydrogens (tertiary/aromatic N) is 1. The van der Waals surface area contributed by atoms with Crippen molar-refractivity contribution in [1.82, 2.24) is 0 Å². The summed E-state index contributed by atoms with van der Waals surface area (Å²) in [6, 6.07) is 0. The van der Waals surface area contributed by atoms with E-state index in [1.54, 1.807) is 11.9 Å². The van der Waals surface area contributed by atoms with E-state index in [1.807, 2.05) is 6.21 Å². The van der Waals surface area contributed by atoms with Crippen LogP contribution >= 0.6 is 11.9 Å². The van der Waals surface area contributed by atoms with E-state index in [1.165, 1.54) is 0 Å². The van der Waals surface area contributed by atoms with Gasteiger partial charge in [-0.05, 0) is 18.4 Å². The van der Waals surface area contributed by atoms with Gasteiger partial charge in [0.25, 0.3) is 0 Å². The van der Waals surface area contributed by atoms with Crippen LogP contribution in [-0.2, 0) is 0 Å². The summed E-state index contributed by atoms with van der Waals surface area (Å²) in [4.78, 5) is 0. The molecule has 0 aliphatic carbocycles. The van der Waals surface area contributed by atoms with E-state index in [0.717, 1.165) is 12.2 Å². The molecular formula is C5H11NS. The lowest BCUT2D eigenvalue weighted by Gasteiger charge is -1.79. The molecule has 0 heterocycles. The van der Waals surface area contributed by atoms with Crippen molar-refractivity contribution in [3.05, 3.63) is 0 Å². The van der Waals surface area contributed by atoms with Gasteiger partial charge >= 0.3 is 0 Å². The molecule has 0 bridgehead atoms. The van der Waals surface area contributed by atoms with Crippen LogP contribution in [0.3, 0.4) is 0 Å². The molecule has 0 unspecified atom stereocenters. The molecule has 0 rings (SSSR count). The van der Waals surface area contributed by atoms with Gasteiger partial charge in [-0.1, -0.05) is 13.8 Å². The summed E-state index contributed by atoms with van der Waals surface area (Å²) in [6.07, 6.45) is 2.97. The average molecular weight is 117 g/mol. The zero-order valence-electron chi connectivity index (χ0n) is 4.85. The highest BCUT2D eigenvalue weighted by Crippen LogP contribution is 1.97. The Bertz CT molecular complexity index is 52.0. The van der Waals surface area contributed by atoms with E-state index >= 15 is 0 Å². The van der Waals surface area contributed by atoms with Crippen LogP contribution in [0.15, 0.2) is 4.40 Å². The second kappa shape index (κ2) is 6.02. The summed E-state index contributed by atoms with van der Waals surface area (Å²) in [5, 5.41) is 0. The molecule has 1 nitrogen and oxygen atoms in total. The van der Waals surface area contributed by atoms with Gasteiger partial charge in [-0.15, -0.1) is 0 Å². The van der Waals surface area contributed by atoms with Crippen LogP contribution in [0.4, 0.5) is 0 Å². The Kier molecular flexibility index (Phi) is 6.04. The van der Waals surface area contributed by atoms with Crippen molar-refractivity contribution in [2.24, 2.45) is 4.40 Å². The summed E-state index contributed by atoms with van der Waals surface area (Å²) in [5.41, 5.74) is 0. The Balaban J connectivity index is 2.78. The van der Waals surface area contributed by atoms with Gasteiger partial charge in [-0.3, -0.25) is 0 Å². The molecule has 0 N–H and O–H groups in total. The van der Waals surface area contributed by atoms with Crippen LogP contribution in [0.25, 0.3) is 0 Å². The minimum Gasteiger partial charge on any atom is -0.229 e. The monoisotopic (exact) mass is 117 g/mol. The van der Waals surface area contributed by atoms with Gasteiger partial charge in [0.1, 0.15) is 0 Å². The van der Waals surface area contributed by atoms with E-state index < -0.39 is 0 Å². The van der Waals surface area contributed by atoms with Gasteiger partial charge < -0.3 is 0 Å². The predicted octanol–water partition coefficient (Wildman–Crippen LogP) is 2.14. The lowest BCUT2D eigenvalue weighted by Crippen LogP contribution is -1.63. The molecule has 0 aromatic carbocycles. The molecular weight excluding hydrogens is 106 g/mol. The third-order valence-electron chi connectivity index (χ3n) is 0.461. The third-order valence-corrected chi connectivity index (χ3v) is 1.02. The topological polar surface area (TPSA) is 12.4 Å². The summed E-state index contributed by atoms with van der Waals surface area (Å²) >= 11 is 1.60. The maximum Gasteiger partial charge on any atom is 0.0124 e. The number of hydrogen-bond donors (Lipinski definition) is 0. The first kappa shape index (κ1) is 7.02. The standard InChI is InChI=1S/C5H11NS/c1-3-5-6-7-4-2/h5H,3-4H2,1-2H3. The summed E-state index contributed by atoms with van der Waals surface area (Å²) < 4.78 is 4.00. The first-order chi connectivity index (χ1) is 3.41. The molecule has 0 amide bonds. The van der Waals surface area contributed by atoms with Crippen LogP contribution in [0.5, 0.6) is 0 Å². The molecule has 0 aliphatic heterocycles. The fourth-order valence-corrected chi connectivity index (χ4v) is 0.605. The van der Waals surface area contributed by atoms with Crippen molar-refractivity contribution in [2.45, 2.75) is 20.3 Å². The van der Waals surface area contributed by atoms with Crippen molar-refractivity contribution < 1.29 is 0 Å². The lowest BCUT2D eigenvalue weighted by atomic mass is 10.6. The maximum atomic E-state index is 4.00. The molecule has 7 heavy (non-hydrogen) atoms. The molecule has 0 radical (unpaired) electrons. The number of rotatable bonds is 3. The quantitative estimate of drug-likeness (QED) is 0.407. The van der Waals surface area contributed by atoms with Gasteiger partial charge in [0.2, 0.25) is 0 Å². The highest BCUT2D eigenvalue weighted by Gasteiger charge is 1.68. The van der Waals surface area contributed by atoms with Crippen molar-refractivity contribution in [3.8, 4) is 0 Å². The Morgan fingerprint density at radius 1 is 1.57 bits per heavy atom. The second-order valence-corrected chi connectivity index (χ2v) is 2.16. The van der Waals surface area contributed by atoms with E-state index in [2.05, 4.69) is 18.2 Å². The molecule has 2 heteroatoms. The number of hydrogen-bond acceptors (Lipinski definition) is 2. The zero-order chi connectivity index (χ0) is 5.54. The SMILES string of the molecule is CCC=NSCC. The summed E-state index contributed by atoms with van der Waals surface area (Å²) in [6.45, 7) is 4.18. The van der Waals surface area contributed by atoms with Gasteiger partial charge in [-0.25, -0.2) is 4.40 Å². The minimum absolute atomic E-state index is 1.05. The van der Waals surface area contributed by atoms with E-state index in [4.69, 9.17) is 0 Å². The predicted molar refractivity (Wildman–Crippen MR) is 36.9 cm³/mol. The highest BCUT2D eigenvalue weighted by atomic mass is 32.2. The van der Waals surface area contributed by atoms with Crippen LogP contribution < -0.4 is 0 Å². The third kappa shape index (κ3) is 6.02. The van der Waals surface area contributed by atoms with Gasteiger partial charge in [-0.2, -0.15) is 0 Å². The zero-order valence-corrected chi connectivity index (χ0v) is 5.66. The van der Waals surface area contributed by atoms with Crippen molar-refractivity contribution in [3.63, 3.8) is 0 Å². The normalized spacial score (nSPS) is 10.6. The van der Waals surface area contributed by atoms with E-state index in [9.17, 15) is 0 Å².